The van der Waals surface area contributed by atoms with Crippen LogP contribution >= 0.6 is 0 Å². The molecule has 0 bridgehead atoms. The first-order valence-electron chi connectivity index (χ1n) is 6.04. The molecule has 1 fully saturated rings. The maximum absolute atomic E-state index is 11.8. The minimum Gasteiger partial charge on any atom is -0.497 e. The summed E-state index contributed by atoms with van der Waals surface area (Å²) in [7, 11) is -1.67. The van der Waals surface area contributed by atoms with Crippen LogP contribution in [0.2, 0.25) is 0 Å². The first kappa shape index (κ1) is 14.3. The minimum absolute atomic E-state index is 0.151. The van der Waals surface area contributed by atoms with E-state index >= 15 is 0 Å². The van der Waals surface area contributed by atoms with Crippen LogP contribution in [-0.4, -0.2) is 45.3 Å². The van der Waals surface area contributed by atoms with Gasteiger partial charge in [-0.15, -0.1) is 0 Å². The summed E-state index contributed by atoms with van der Waals surface area (Å²) in [5.41, 5.74) is 5.82. The van der Waals surface area contributed by atoms with Crippen LogP contribution in [0.1, 0.15) is 11.5 Å². The fourth-order valence-corrected chi connectivity index (χ4v) is 4.95. The summed E-state index contributed by atoms with van der Waals surface area (Å²) in [6.07, 6.45) is 1.20. The monoisotopic (exact) mass is 285 g/mol. The average molecular weight is 285 g/mol. The third-order valence-electron chi connectivity index (χ3n) is 3.99. The van der Waals surface area contributed by atoms with Gasteiger partial charge in [-0.25, -0.2) is 8.42 Å². The predicted octanol–water partition coefficient (Wildman–Crippen LogP) is 0.143. The molecule has 0 amide bonds. The van der Waals surface area contributed by atoms with Gasteiger partial charge in [-0.1, -0.05) is 12.1 Å². The molecular formula is C13H19NO4S. The van der Waals surface area contributed by atoms with Gasteiger partial charge in [0.1, 0.15) is 5.75 Å². The van der Waals surface area contributed by atoms with Crippen molar-refractivity contribution in [3.63, 3.8) is 0 Å². The number of benzene rings is 1. The lowest BCUT2D eigenvalue weighted by Crippen LogP contribution is -2.27. The molecule has 3 N–H and O–H groups in total. The second-order valence-corrected chi connectivity index (χ2v) is 7.26. The molecule has 106 valence electrons. The van der Waals surface area contributed by atoms with Crippen molar-refractivity contribution in [3.05, 3.63) is 29.8 Å². The first-order chi connectivity index (χ1) is 8.90. The molecule has 0 heterocycles. The Bertz CT molecular complexity index is 549. The molecule has 1 saturated carbocycles. The van der Waals surface area contributed by atoms with Crippen LogP contribution in [0, 0.1) is 5.41 Å². The minimum atomic E-state index is -3.25. The molecule has 0 spiro atoms. The topological polar surface area (TPSA) is 89.6 Å². The highest BCUT2D eigenvalue weighted by Crippen LogP contribution is 2.61. The number of nitrogens with two attached hydrogens (primary N) is 1. The molecule has 6 heteroatoms. The largest absolute Gasteiger partial charge is 0.497 e. The lowest BCUT2D eigenvalue weighted by Gasteiger charge is -2.11. The van der Waals surface area contributed by atoms with Crippen LogP contribution in [0.3, 0.4) is 0 Å². The van der Waals surface area contributed by atoms with Gasteiger partial charge >= 0.3 is 0 Å². The van der Waals surface area contributed by atoms with Gasteiger partial charge in [-0.3, -0.25) is 0 Å². The van der Waals surface area contributed by atoms with Gasteiger partial charge in [-0.2, -0.15) is 0 Å². The molecule has 1 aliphatic rings. The van der Waals surface area contributed by atoms with Crippen molar-refractivity contribution in [3.8, 4) is 5.75 Å². The Morgan fingerprint density at radius 2 is 1.95 bits per heavy atom. The van der Waals surface area contributed by atoms with Crippen molar-refractivity contribution >= 4 is 9.84 Å². The number of sulfone groups is 1. The summed E-state index contributed by atoms with van der Waals surface area (Å²) in [5, 5.41) is 8.95. The molecule has 0 aliphatic heterocycles. The Morgan fingerprint density at radius 3 is 2.26 bits per heavy atom. The van der Waals surface area contributed by atoms with E-state index < -0.39 is 20.5 Å². The predicted molar refractivity (Wildman–Crippen MR) is 72.9 cm³/mol. The van der Waals surface area contributed by atoms with E-state index in [-0.39, 0.29) is 19.1 Å². The van der Waals surface area contributed by atoms with Crippen molar-refractivity contribution in [2.24, 2.45) is 11.1 Å². The van der Waals surface area contributed by atoms with E-state index in [0.29, 0.717) is 5.75 Å². The molecular weight excluding hydrogens is 266 g/mol. The fraction of sp³-hybridized carbons (Fsp3) is 0.538. The highest BCUT2D eigenvalue weighted by atomic mass is 32.2. The van der Waals surface area contributed by atoms with Gasteiger partial charge in [0.15, 0.2) is 9.84 Å². The third kappa shape index (κ3) is 2.24. The molecule has 1 aromatic carbocycles. The van der Waals surface area contributed by atoms with E-state index in [4.69, 9.17) is 10.5 Å². The van der Waals surface area contributed by atoms with Crippen molar-refractivity contribution in [1.82, 2.24) is 0 Å². The fourth-order valence-electron chi connectivity index (χ4n) is 2.94. The molecule has 1 aliphatic carbocycles. The number of rotatable bonds is 5. The molecule has 1 aromatic rings. The van der Waals surface area contributed by atoms with Crippen molar-refractivity contribution in [2.75, 3.05) is 26.5 Å². The second kappa shape index (κ2) is 4.77. The summed E-state index contributed by atoms with van der Waals surface area (Å²) < 4.78 is 28.8. The van der Waals surface area contributed by atoms with Crippen LogP contribution in [0.25, 0.3) is 0 Å². The molecule has 0 aromatic heterocycles. The zero-order valence-corrected chi connectivity index (χ0v) is 11.9. The van der Waals surface area contributed by atoms with E-state index in [0.717, 1.165) is 5.56 Å². The number of aliphatic hydroxyl groups excluding tert-OH is 1. The zero-order chi connectivity index (χ0) is 14.3. The van der Waals surface area contributed by atoms with Gasteiger partial charge in [0, 0.05) is 24.1 Å². The molecule has 0 saturated heterocycles. The zero-order valence-electron chi connectivity index (χ0n) is 11.0. The second-order valence-electron chi connectivity index (χ2n) is 5.10. The van der Waals surface area contributed by atoms with Gasteiger partial charge in [-0.05, 0) is 17.7 Å². The van der Waals surface area contributed by atoms with E-state index in [1.165, 1.54) is 6.26 Å². The van der Waals surface area contributed by atoms with Crippen LogP contribution in [0.5, 0.6) is 5.75 Å². The normalized spacial score (nSPS) is 30.1. The van der Waals surface area contributed by atoms with Gasteiger partial charge in [0.05, 0.1) is 19.0 Å². The van der Waals surface area contributed by atoms with Crippen molar-refractivity contribution < 1.29 is 18.3 Å². The molecule has 3 atom stereocenters. The standard InChI is InChI=1S/C13H19NO4S/c1-18-10-5-3-9(4-6-10)11-12(19(2,16)17)13(11,7-14)8-15/h3-6,11-12,15H,7-8,14H2,1-2H3/t11-,12+,13+/m1/s1. The Balaban J connectivity index is 2.37. The summed E-state index contributed by atoms with van der Waals surface area (Å²) in [6.45, 7) is -0.0735. The number of ether oxygens (including phenoxy) is 1. The lowest BCUT2D eigenvalue weighted by molar-refractivity contribution is 0.212. The lowest BCUT2D eigenvalue weighted by atomic mass is 10.00. The Morgan fingerprint density at radius 1 is 1.37 bits per heavy atom. The summed E-state index contributed by atoms with van der Waals surface area (Å²) in [4.78, 5) is 0. The quantitative estimate of drug-likeness (QED) is 0.803. The maximum atomic E-state index is 11.8. The smallest absolute Gasteiger partial charge is 0.151 e. The maximum Gasteiger partial charge on any atom is 0.151 e. The number of aliphatic hydroxyl groups is 1. The van der Waals surface area contributed by atoms with Gasteiger partial charge < -0.3 is 15.6 Å². The average Bonchev–Trinajstić information content (AvgIpc) is 3.09. The van der Waals surface area contributed by atoms with E-state index in [2.05, 4.69) is 0 Å². The van der Waals surface area contributed by atoms with E-state index in [1.807, 2.05) is 12.1 Å². The summed E-state index contributed by atoms with van der Waals surface area (Å²) in [6, 6.07) is 7.22. The van der Waals surface area contributed by atoms with Crippen LogP contribution < -0.4 is 10.5 Å². The van der Waals surface area contributed by atoms with Crippen molar-refractivity contribution in [2.45, 2.75) is 11.2 Å². The Kier molecular flexibility index (Phi) is 3.59. The number of hydrogen-bond donors (Lipinski definition) is 2. The van der Waals surface area contributed by atoms with Gasteiger partial charge in [0.25, 0.3) is 0 Å². The molecule has 19 heavy (non-hydrogen) atoms. The molecule has 5 nitrogen and oxygen atoms in total. The molecule has 0 unspecified atom stereocenters. The number of hydrogen-bond acceptors (Lipinski definition) is 5. The Hall–Kier alpha value is -1.11. The van der Waals surface area contributed by atoms with Crippen LogP contribution in [-0.2, 0) is 9.84 Å². The highest BCUT2D eigenvalue weighted by molar-refractivity contribution is 7.91. The SMILES string of the molecule is COc1ccc([C@@H]2[C@H](S(C)(=O)=O)[C@@]2(CN)CO)cc1. The highest BCUT2D eigenvalue weighted by Gasteiger charge is 2.68. The summed E-state index contributed by atoms with van der Waals surface area (Å²) in [5.74, 6) is 0.464. The van der Waals surface area contributed by atoms with E-state index in [1.54, 1.807) is 19.2 Å². The Labute approximate surface area is 113 Å². The van der Waals surface area contributed by atoms with Crippen LogP contribution in [0.4, 0.5) is 0 Å². The van der Waals surface area contributed by atoms with E-state index in [9.17, 15) is 13.5 Å². The number of methoxy groups -OCH3 is 1. The first-order valence-corrected chi connectivity index (χ1v) is 8.00. The van der Waals surface area contributed by atoms with Gasteiger partial charge in [0.2, 0.25) is 0 Å². The van der Waals surface area contributed by atoms with Crippen molar-refractivity contribution in [1.29, 1.82) is 0 Å². The third-order valence-corrected chi connectivity index (χ3v) is 5.65. The molecule has 0 radical (unpaired) electrons. The summed E-state index contributed by atoms with van der Waals surface area (Å²) >= 11 is 0. The molecule has 2 rings (SSSR count). The van der Waals surface area contributed by atoms with Crippen LogP contribution in [0.15, 0.2) is 24.3 Å².